The normalized spacial score (nSPS) is 13.6. The predicted molar refractivity (Wildman–Crippen MR) is 108 cm³/mol. The molecule has 2 aromatic rings. The van der Waals surface area contributed by atoms with Crippen LogP contribution in [0.2, 0.25) is 0 Å². The van der Waals surface area contributed by atoms with Crippen LogP contribution in [-0.2, 0) is 14.3 Å². The number of esters is 1. The lowest BCUT2D eigenvalue weighted by molar-refractivity contribution is -0.146. The molecule has 0 heterocycles. The van der Waals surface area contributed by atoms with Gasteiger partial charge in [-0.25, -0.2) is 9.59 Å². The van der Waals surface area contributed by atoms with E-state index in [-0.39, 0.29) is 25.0 Å². The molecule has 0 aliphatic heterocycles. The maximum Gasteiger partial charge on any atom is 0.407 e. The molecule has 1 amide bonds. The van der Waals surface area contributed by atoms with Gasteiger partial charge < -0.3 is 14.8 Å². The molecule has 148 valence electrons. The van der Waals surface area contributed by atoms with Gasteiger partial charge in [0.05, 0.1) is 6.61 Å². The van der Waals surface area contributed by atoms with Crippen molar-refractivity contribution in [2.45, 2.75) is 39.2 Å². The van der Waals surface area contributed by atoms with E-state index >= 15 is 0 Å². The van der Waals surface area contributed by atoms with Gasteiger partial charge in [-0.2, -0.15) is 0 Å². The molecule has 5 nitrogen and oxygen atoms in total. The van der Waals surface area contributed by atoms with Crippen molar-refractivity contribution in [3.05, 3.63) is 59.7 Å². The van der Waals surface area contributed by atoms with E-state index in [9.17, 15) is 9.59 Å². The minimum absolute atomic E-state index is 0.00991. The van der Waals surface area contributed by atoms with E-state index in [1.807, 2.05) is 38.1 Å². The molecule has 0 saturated heterocycles. The maximum atomic E-state index is 12.4. The highest BCUT2D eigenvalue weighted by atomic mass is 16.6. The number of benzene rings is 2. The number of carbonyl (C=O) groups is 2. The number of rotatable bonds is 7. The Morgan fingerprint density at radius 2 is 1.54 bits per heavy atom. The Hall–Kier alpha value is -2.82. The summed E-state index contributed by atoms with van der Waals surface area (Å²) >= 11 is 0. The fourth-order valence-corrected chi connectivity index (χ4v) is 3.71. The standard InChI is InChI=1S/C23H27NO4/c1-4-27-22(25)21(13-15(2)3)24-23(26)28-14-20-18-11-7-5-9-16(18)17-10-6-8-12-19(17)20/h5-12,15,20-21H,4,13-14H2,1-3H3,(H,24,26)/t21-/m0/s1. The van der Waals surface area contributed by atoms with E-state index in [0.717, 1.165) is 11.1 Å². The predicted octanol–water partition coefficient (Wildman–Crippen LogP) is 4.50. The molecule has 1 atom stereocenters. The second-order valence-corrected chi connectivity index (χ2v) is 7.40. The lowest BCUT2D eigenvalue weighted by atomic mass is 9.98. The second-order valence-electron chi connectivity index (χ2n) is 7.40. The van der Waals surface area contributed by atoms with Gasteiger partial charge in [0.15, 0.2) is 0 Å². The Morgan fingerprint density at radius 1 is 0.964 bits per heavy atom. The van der Waals surface area contributed by atoms with Crippen molar-refractivity contribution in [2.24, 2.45) is 5.92 Å². The third kappa shape index (κ3) is 4.35. The summed E-state index contributed by atoms with van der Waals surface area (Å²) in [5.41, 5.74) is 4.66. The topological polar surface area (TPSA) is 64.6 Å². The van der Waals surface area contributed by atoms with Gasteiger partial charge in [0.25, 0.3) is 0 Å². The Morgan fingerprint density at radius 3 is 2.07 bits per heavy atom. The van der Waals surface area contributed by atoms with E-state index in [4.69, 9.17) is 9.47 Å². The second kappa shape index (κ2) is 8.91. The molecular formula is C23H27NO4. The van der Waals surface area contributed by atoms with Crippen LogP contribution in [-0.4, -0.2) is 31.3 Å². The average molecular weight is 381 g/mol. The van der Waals surface area contributed by atoms with Gasteiger partial charge in [-0.3, -0.25) is 0 Å². The van der Waals surface area contributed by atoms with Crippen LogP contribution in [0.3, 0.4) is 0 Å². The fourth-order valence-electron chi connectivity index (χ4n) is 3.71. The van der Waals surface area contributed by atoms with Gasteiger partial charge in [-0.1, -0.05) is 62.4 Å². The highest BCUT2D eigenvalue weighted by Gasteiger charge is 2.30. The molecule has 0 bridgehead atoms. The fraction of sp³-hybridized carbons (Fsp3) is 0.391. The summed E-state index contributed by atoms with van der Waals surface area (Å²) in [6.45, 7) is 6.23. The smallest absolute Gasteiger partial charge is 0.407 e. The largest absolute Gasteiger partial charge is 0.464 e. The maximum absolute atomic E-state index is 12.4. The molecule has 2 aromatic carbocycles. The molecule has 1 aliphatic rings. The van der Waals surface area contributed by atoms with Gasteiger partial charge in [0, 0.05) is 5.92 Å². The summed E-state index contributed by atoms with van der Waals surface area (Å²) in [6, 6.07) is 15.7. The van der Waals surface area contributed by atoms with E-state index < -0.39 is 18.1 Å². The average Bonchev–Trinajstić information content (AvgIpc) is 3.00. The Labute approximate surface area is 166 Å². The first-order chi connectivity index (χ1) is 13.5. The van der Waals surface area contributed by atoms with E-state index in [0.29, 0.717) is 6.42 Å². The third-order valence-corrected chi connectivity index (χ3v) is 4.91. The molecule has 28 heavy (non-hydrogen) atoms. The van der Waals surface area contributed by atoms with Crippen LogP contribution in [0.15, 0.2) is 48.5 Å². The number of fused-ring (bicyclic) bond motifs is 3. The zero-order valence-electron chi connectivity index (χ0n) is 16.6. The van der Waals surface area contributed by atoms with E-state index in [1.54, 1.807) is 6.92 Å². The zero-order valence-corrected chi connectivity index (χ0v) is 16.6. The van der Waals surface area contributed by atoms with Crippen LogP contribution in [0.25, 0.3) is 11.1 Å². The summed E-state index contributed by atoms with van der Waals surface area (Å²) < 4.78 is 10.6. The summed E-state index contributed by atoms with van der Waals surface area (Å²) in [4.78, 5) is 24.5. The third-order valence-electron chi connectivity index (χ3n) is 4.91. The number of carbonyl (C=O) groups excluding carboxylic acids is 2. The van der Waals surface area contributed by atoms with Crippen molar-refractivity contribution in [3.63, 3.8) is 0 Å². The number of alkyl carbamates (subject to hydrolysis) is 1. The molecular weight excluding hydrogens is 354 g/mol. The molecule has 5 heteroatoms. The number of nitrogens with one attached hydrogen (secondary N) is 1. The van der Waals surface area contributed by atoms with Crippen LogP contribution < -0.4 is 5.32 Å². The lowest BCUT2D eigenvalue weighted by Gasteiger charge is -2.20. The molecule has 1 aliphatic carbocycles. The van der Waals surface area contributed by atoms with Crippen molar-refractivity contribution in [1.29, 1.82) is 0 Å². The van der Waals surface area contributed by atoms with Gasteiger partial charge >= 0.3 is 12.1 Å². The van der Waals surface area contributed by atoms with Crippen LogP contribution in [0.1, 0.15) is 44.2 Å². The van der Waals surface area contributed by atoms with E-state index in [2.05, 4.69) is 29.6 Å². The number of hydrogen-bond acceptors (Lipinski definition) is 4. The van der Waals surface area contributed by atoms with Crippen LogP contribution in [0, 0.1) is 5.92 Å². The van der Waals surface area contributed by atoms with Gasteiger partial charge in [-0.05, 0) is 41.5 Å². The minimum atomic E-state index is -0.699. The Kier molecular flexibility index (Phi) is 6.34. The van der Waals surface area contributed by atoms with Gasteiger partial charge in [0.1, 0.15) is 12.6 Å². The molecule has 0 saturated carbocycles. The SMILES string of the molecule is CCOC(=O)[C@H](CC(C)C)NC(=O)OCC1c2ccccc2-c2ccccc21. The van der Waals surface area contributed by atoms with Crippen molar-refractivity contribution in [2.75, 3.05) is 13.2 Å². The number of amides is 1. The van der Waals surface area contributed by atoms with Crippen molar-refractivity contribution in [3.8, 4) is 11.1 Å². The van der Waals surface area contributed by atoms with Crippen LogP contribution in [0.4, 0.5) is 4.79 Å². The van der Waals surface area contributed by atoms with E-state index in [1.165, 1.54) is 11.1 Å². The van der Waals surface area contributed by atoms with Gasteiger partial charge in [0.2, 0.25) is 0 Å². The van der Waals surface area contributed by atoms with Crippen molar-refractivity contribution in [1.82, 2.24) is 5.32 Å². The number of hydrogen-bond donors (Lipinski definition) is 1. The Balaban J connectivity index is 1.68. The molecule has 0 fully saturated rings. The van der Waals surface area contributed by atoms with Crippen molar-refractivity contribution < 1.29 is 19.1 Å². The first-order valence-electron chi connectivity index (χ1n) is 9.79. The minimum Gasteiger partial charge on any atom is -0.464 e. The zero-order chi connectivity index (χ0) is 20.1. The Bertz CT molecular complexity index is 801. The first-order valence-corrected chi connectivity index (χ1v) is 9.79. The summed E-state index contributed by atoms with van der Waals surface area (Å²) in [5.74, 6) is -0.197. The highest BCUT2D eigenvalue weighted by Crippen LogP contribution is 2.44. The first kappa shape index (κ1) is 19.9. The monoisotopic (exact) mass is 381 g/mol. The molecule has 0 radical (unpaired) electrons. The van der Waals surface area contributed by atoms with Crippen LogP contribution >= 0.6 is 0 Å². The quantitative estimate of drug-likeness (QED) is 0.717. The molecule has 3 rings (SSSR count). The summed E-state index contributed by atoms with van der Waals surface area (Å²) in [5, 5.41) is 2.67. The van der Waals surface area contributed by atoms with Crippen molar-refractivity contribution >= 4 is 12.1 Å². The highest BCUT2D eigenvalue weighted by molar-refractivity contribution is 5.82. The summed E-state index contributed by atoms with van der Waals surface area (Å²) in [6.07, 6.45) is -0.0937. The lowest BCUT2D eigenvalue weighted by Crippen LogP contribution is -2.43. The molecule has 0 aromatic heterocycles. The molecule has 0 spiro atoms. The van der Waals surface area contributed by atoms with Gasteiger partial charge in [-0.15, -0.1) is 0 Å². The van der Waals surface area contributed by atoms with Crippen LogP contribution in [0.5, 0.6) is 0 Å². The summed E-state index contributed by atoms with van der Waals surface area (Å²) in [7, 11) is 0. The number of ether oxygens (including phenoxy) is 2. The molecule has 0 unspecified atom stereocenters. The molecule has 1 N–H and O–H groups in total.